The van der Waals surface area contributed by atoms with Crippen LogP contribution >= 0.6 is 11.6 Å². The molecule has 3 rings (SSSR count). The van der Waals surface area contributed by atoms with Crippen LogP contribution in [0.2, 0.25) is 5.02 Å². The number of nitrogens with one attached hydrogen (secondary N) is 1. The lowest BCUT2D eigenvalue weighted by molar-refractivity contribution is 0.0210. The van der Waals surface area contributed by atoms with Gasteiger partial charge >= 0.3 is 0 Å². The van der Waals surface area contributed by atoms with Crippen molar-refractivity contribution in [2.24, 2.45) is 0 Å². The van der Waals surface area contributed by atoms with E-state index in [0.717, 1.165) is 13.1 Å². The molecule has 0 unspecified atom stereocenters. The van der Waals surface area contributed by atoms with Crippen molar-refractivity contribution < 1.29 is 4.39 Å². The first-order valence-corrected chi connectivity index (χ1v) is 8.22. The van der Waals surface area contributed by atoms with Crippen molar-refractivity contribution in [3.8, 4) is 0 Å². The Labute approximate surface area is 131 Å². The molecule has 0 atom stereocenters. The van der Waals surface area contributed by atoms with E-state index < -0.39 is 0 Å². The molecule has 2 fully saturated rings. The van der Waals surface area contributed by atoms with E-state index in [1.165, 1.54) is 31.7 Å². The van der Waals surface area contributed by atoms with Crippen LogP contribution in [0.4, 0.5) is 4.39 Å². The summed E-state index contributed by atoms with van der Waals surface area (Å²) in [4.78, 5) is 2.42. The van der Waals surface area contributed by atoms with Gasteiger partial charge in [-0.05, 0) is 44.9 Å². The van der Waals surface area contributed by atoms with Crippen molar-refractivity contribution in [2.45, 2.75) is 57.2 Å². The summed E-state index contributed by atoms with van der Waals surface area (Å²) in [5, 5.41) is 4.37. The minimum atomic E-state index is -0.158. The van der Waals surface area contributed by atoms with E-state index >= 15 is 0 Å². The molecule has 0 aromatic heterocycles. The zero-order valence-electron chi connectivity index (χ0n) is 12.9. The highest BCUT2D eigenvalue weighted by Gasteiger charge is 2.44. The zero-order valence-corrected chi connectivity index (χ0v) is 13.6. The van der Waals surface area contributed by atoms with Gasteiger partial charge in [0.1, 0.15) is 5.82 Å². The van der Waals surface area contributed by atoms with Crippen molar-refractivity contribution in [3.63, 3.8) is 0 Å². The Balaban J connectivity index is 1.82. The van der Waals surface area contributed by atoms with E-state index in [-0.39, 0.29) is 16.9 Å². The van der Waals surface area contributed by atoms with E-state index in [2.05, 4.69) is 24.1 Å². The van der Waals surface area contributed by atoms with Gasteiger partial charge in [0.15, 0.2) is 0 Å². The first-order valence-electron chi connectivity index (χ1n) is 7.84. The molecule has 1 heterocycles. The van der Waals surface area contributed by atoms with Crippen LogP contribution in [-0.4, -0.2) is 29.1 Å². The molecule has 1 saturated carbocycles. The summed E-state index contributed by atoms with van der Waals surface area (Å²) in [6.45, 7) is 7.03. The quantitative estimate of drug-likeness (QED) is 0.889. The molecule has 1 spiro atoms. The lowest BCUT2D eigenvalue weighted by atomic mass is 9.87. The van der Waals surface area contributed by atoms with E-state index in [4.69, 9.17) is 11.6 Å². The lowest BCUT2D eigenvalue weighted by Gasteiger charge is -2.51. The molecule has 1 aromatic rings. The Bertz CT molecular complexity index is 524. The van der Waals surface area contributed by atoms with Crippen molar-refractivity contribution in [3.05, 3.63) is 34.6 Å². The number of rotatable bonds is 2. The number of nitrogens with zero attached hydrogens (tertiary/aromatic N) is 1. The standard InChI is InChI=1S/C17H24ClFN2/c1-16(2)11-20-17(7-3-4-8-17)12-21(16)10-13-9-14(18)5-6-15(13)19/h5-6,9,20H,3-4,7-8,10-12H2,1-2H3. The summed E-state index contributed by atoms with van der Waals surface area (Å²) < 4.78 is 14.0. The Kier molecular flexibility index (Phi) is 4.02. The molecular weight excluding hydrogens is 287 g/mol. The number of hydrogen-bond donors (Lipinski definition) is 1. The van der Waals surface area contributed by atoms with Crippen LogP contribution in [0.15, 0.2) is 18.2 Å². The third-order valence-electron chi connectivity index (χ3n) is 5.18. The highest BCUT2D eigenvalue weighted by atomic mass is 35.5. The van der Waals surface area contributed by atoms with Crippen LogP contribution in [0.3, 0.4) is 0 Å². The highest BCUT2D eigenvalue weighted by molar-refractivity contribution is 6.30. The maximum atomic E-state index is 14.0. The molecule has 116 valence electrons. The molecule has 1 N–H and O–H groups in total. The molecular formula is C17H24ClFN2. The molecule has 0 amide bonds. The van der Waals surface area contributed by atoms with Crippen LogP contribution in [0, 0.1) is 5.82 Å². The average Bonchev–Trinajstić information content (AvgIpc) is 2.88. The van der Waals surface area contributed by atoms with Crippen molar-refractivity contribution in [1.29, 1.82) is 0 Å². The predicted octanol–water partition coefficient (Wildman–Crippen LogP) is 3.98. The SMILES string of the molecule is CC1(C)CNC2(CCCC2)CN1Cc1cc(Cl)ccc1F. The van der Waals surface area contributed by atoms with Crippen molar-refractivity contribution >= 4 is 11.6 Å². The summed E-state index contributed by atoms with van der Waals surface area (Å²) in [5.74, 6) is -0.158. The van der Waals surface area contributed by atoms with Gasteiger partial charge in [-0.2, -0.15) is 0 Å². The molecule has 21 heavy (non-hydrogen) atoms. The molecule has 4 heteroatoms. The van der Waals surface area contributed by atoms with Gasteiger partial charge in [0.25, 0.3) is 0 Å². The van der Waals surface area contributed by atoms with E-state index in [9.17, 15) is 4.39 Å². The molecule has 2 aliphatic rings. The summed E-state index contributed by atoms with van der Waals surface area (Å²) in [5.41, 5.74) is 0.971. The Morgan fingerprint density at radius 1 is 1.29 bits per heavy atom. The molecule has 0 radical (unpaired) electrons. The van der Waals surface area contributed by atoms with Crippen LogP contribution in [0.25, 0.3) is 0 Å². The van der Waals surface area contributed by atoms with Gasteiger partial charge in [-0.25, -0.2) is 4.39 Å². The Morgan fingerprint density at radius 3 is 2.71 bits per heavy atom. The van der Waals surface area contributed by atoms with Gasteiger partial charge < -0.3 is 5.32 Å². The van der Waals surface area contributed by atoms with E-state index in [1.807, 2.05) is 0 Å². The number of benzene rings is 1. The van der Waals surface area contributed by atoms with Gasteiger partial charge in [0.05, 0.1) is 0 Å². The van der Waals surface area contributed by atoms with Crippen molar-refractivity contribution in [2.75, 3.05) is 13.1 Å². The molecule has 1 saturated heterocycles. The lowest BCUT2D eigenvalue weighted by Crippen LogP contribution is -2.66. The van der Waals surface area contributed by atoms with Gasteiger partial charge in [-0.1, -0.05) is 24.4 Å². The monoisotopic (exact) mass is 310 g/mol. The van der Waals surface area contributed by atoms with Crippen LogP contribution in [-0.2, 0) is 6.54 Å². The fraction of sp³-hybridized carbons (Fsp3) is 0.647. The number of halogens is 2. The fourth-order valence-electron chi connectivity index (χ4n) is 3.68. The Hall–Kier alpha value is -0.640. The maximum absolute atomic E-state index is 14.0. The molecule has 1 aliphatic carbocycles. The number of hydrogen-bond acceptors (Lipinski definition) is 2. The van der Waals surface area contributed by atoms with Crippen LogP contribution in [0.1, 0.15) is 45.1 Å². The third-order valence-corrected chi connectivity index (χ3v) is 5.41. The fourth-order valence-corrected chi connectivity index (χ4v) is 3.87. The minimum Gasteiger partial charge on any atom is -0.308 e. The van der Waals surface area contributed by atoms with Crippen molar-refractivity contribution in [1.82, 2.24) is 10.2 Å². The molecule has 0 bridgehead atoms. The smallest absolute Gasteiger partial charge is 0.127 e. The molecule has 1 aliphatic heterocycles. The van der Waals surface area contributed by atoms with Crippen LogP contribution < -0.4 is 5.32 Å². The largest absolute Gasteiger partial charge is 0.308 e. The first kappa shape index (κ1) is 15.3. The maximum Gasteiger partial charge on any atom is 0.127 e. The van der Waals surface area contributed by atoms with Gasteiger partial charge in [0, 0.05) is 41.3 Å². The second-order valence-electron chi connectivity index (χ2n) is 7.25. The average molecular weight is 311 g/mol. The normalized spacial score (nSPS) is 24.6. The Morgan fingerprint density at radius 2 is 2.00 bits per heavy atom. The number of piperazine rings is 1. The van der Waals surface area contributed by atoms with Gasteiger partial charge in [-0.3, -0.25) is 4.90 Å². The minimum absolute atomic E-state index is 0.0304. The summed E-state index contributed by atoms with van der Waals surface area (Å²) in [6, 6.07) is 4.84. The molecule has 1 aromatic carbocycles. The van der Waals surface area contributed by atoms with Crippen LogP contribution in [0.5, 0.6) is 0 Å². The second kappa shape index (κ2) is 5.53. The van der Waals surface area contributed by atoms with Gasteiger partial charge in [-0.15, -0.1) is 0 Å². The zero-order chi connectivity index (χ0) is 15.1. The molecule has 2 nitrogen and oxygen atoms in total. The predicted molar refractivity (Wildman–Crippen MR) is 85.1 cm³/mol. The first-order chi connectivity index (χ1) is 9.90. The van der Waals surface area contributed by atoms with E-state index in [1.54, 1.807) is 12.1 Å². The van der Waals surface area contributed by atoms with E-state index in [0.29, 0.717) is 17.1 Å². The topological polar surface area (TPSA) is 15.3 Å². The summed E-state index contributed by atoms with van der Waals surface area (Å²) in [7, 11) is 0. The second-order valence-corrected chi connectivity index (χ2v) is 7.68. The third kappa shape index (κ3) is 3.10. The summed E-state index contributed by atoms with van der Waals surface area (Å²) in [6.07, 6.45) is 5.06. The highest BCUT2D eigenvalue weighted by Crippen LogP contribution is 2.36. The summed E-state index contributed by atoms with van der Waals surface area (Å²) >= 11 is 6.03. The van der Waals surface area contributed by atoms with Gasteiger partial charge in [0.2, 0.25) is 0 Å².